The highest BCUT2D eigenvalue weighted by Gasteiger charge is 2.29. The van der Waals surface area contributed by atoms with E-state index < -0.39 is 0 Å². The zero-order valence-corrected chi connectivity index (χ0v) is 8.75. The first-order valence-electron chi connectivity index (χ1n) is 5.37. The number of nitrogens with two attached hydrogens (primary N) is 1. The summed E-state index contributed by atoms with van der Waals surface area (Å²) in [6.45, 7) is 3.74. The highest BCUT2D eigenvalue weighted by Crippen LogP contribution is 2.23. The van der Waals surface area contributed by atoms with E-state index in [9.17, 15) is 0 Å². The minimum absolute atomic E-state index is 0.0132. The normalized spacial score (nSPS) is 34.2. The van der Waals surface area contributed by atoms with Gasteiger partial charge < -0.3 is 15.8 Å². The predicted molar refractivity (Wildman–Crippen MR) is 56.2 cm³/mol. The quantitative estimate of drug-likeness (QED) is 0.504. The molecule has 1 atom stereocenters. The first-order valence-corrected chi connectivity index (χ1v) is 5.37. The molecule has 1 aliphatic heterocycles. The molecule has 1 saturated heterocycles. The van der Waals surface area contributed by atoms with Crippen LogP contribution >= 0.6 is 0 Å². The van der Waals surface area contributed by atoms with Crippen molar-refractivity contribution in [1.82, 2.24) is 5.32 Å². The largest absolute Gasteiger partial charge is 0.379 e. The summed E-state index contributed by atoms with van der Waals surface area (Å²) in [6.07, 6.45) is 4.58. The Morgan fingerprint density at radius 3 is 2.93 bits per heavy atom. The molecule has 1 saturated carbocycles. The van der Waals surface area contributed by atoms with Crippen molar-refractivity contribution in [2.24, 2.45) is 10.7 Å². The van der Waals surface area contributed by atoms with Crippen LogP contribution in [-0.2, 0) is 4.74 Å². The van der Waals surface area contributed by atoms with Gasteiger partial charge in [-0.2, -0.15) is 0 Å². The Balaban J connectivity index is 1.87. The van der Waals surface area contributed by atoms with Gasteiger partial charge in [0.2, 0.25) is 0 Å². The lowest BCUT2D eigenvalue weighted by atomic mass is 9.95. The van der Waals surface area contributed by atoms with Crippen LogP contribution in [0.1, 0.15) is 32.6 Å². The van der Waals surface area contributed by atoms with Gasteiger partial charge >= 0.3 is 0 Å². The standard InChI is InChI=1S/C10H19N3O/c1-10(5-2-6-14-7-10)13-9(11)12-8-3-4-8/h8H,2-7H2,1H3,(H3,11,12,13). The van der Waals surface area contributed by atoms with Crippen LogP contribution in [0.2, 0.25) is 0 Å². The molecule has 0 radical (unpaired) electrons. The van der Waals surface area contributed by atoms with Crippen molar-refractivity contribution in [1.29, 1.82) is 0 Å². The molecule has 0 spiro atoms. The highest BCUT2D eigenvalue weighted by molar-refractivity contribution is 5.79. The molecule has 2 fully saturated rings. The topological polar surface area (TPSA) is 59.6 Å². The Hall–Kier alpha value is -0.770. The molecule has 0 aromatic heterocycles. The van der Waals surface area contributed by atoms with Crippen LogP contribution in [0.3, 0.4) is 0 Å². The van der Waals surface area contributed by atoms with E-state index in [0.717, 1.165) is 26.1 Å². The monoisotopic (exact) mass is 197 g/mol. The van der Waals surface area contributed by atoms with Gasteiger partial charge in [-0.3, -0.25) is 4.99 Å². The number of nitrogens with one attached hydrogen (secondary N) is 1. The van der Waals surface area contributed by atoms with E-state index in [1.807, 2.05) is 0 Å². The van der Waals surface area contributed by atoms with Crippen molar-refractivity contribution < 1.29 is 4.74 Å². The zero-order chi connectivity index (χ0) is 10.0. The lowest BCUT2D eigenvalue weighted by molar-refractivity contribution is 0.0369. The molecule has 1 aliphatic carbocycles. The molecule has 3 N–H and O–H groups in total. The van der Waals surface area contributed by atoms with Crippen molar-refractivity contribution in [2.75, 3.05) is 13.2 Å². The number of hydrogen-bond donors (Lipinski definition) is 2. The highest BCUT2D eigenvalue weighted by atomic mass is 16.5. The van der Waals surface area contributed by atoms with Gasteiger partial charge in [0.15, 0.2) is 5.96 Å². The Labute approximate surface area is 84.9 Å². The van der Waals surface area contributed by atoms with Gasteiger partial charge in [-0.1, -0.05) is 0 Å². The number of nitrogens with zero attached hydrogens (tertiary/aromatic N) is 1. The summed E-state index contributed by atoms with van der Waals surface area (Å²) in [5, 5.41) is 3.27. The van der Waals surface area contributed by atoms with Gasteiger partial charge in [-0.25, -0.2) is 0 Å². The number of rotatable bonds is 2. The number of aliphatic imine (C=N–C) groups is 1. The molecule has 0 bridgehead atoms. The van der Waals surface area contributed by atoms with Gasteiger partial charge in [0.25, 0.3) is 0 Å². The number of hydrogen-bond acceptors (Lipinski definition) is 2. The summed E-state index contributed by atoms with van der Waals surface area (Å²) < 4.78 is 5.43. The minimum Gasteiger partial charge on any atom is -0.379 e. The Morgan fingerprint density at radius 2 is 2.36 bits per heavy atom. The second kappa shape index (κ2) is 3.77. The molecule has 2 rings (SSSR count). The maximum atomic E-state index is 5.81. The van der Waals surface area contributed by atoms with Gasteiger partial charge in [0.1, 0.15) is 0 Å². The van der Waals surface area contributed by atoms with Gasteiger partial charge in [-0.15, -0.1) is 0 Å². The van der Waals surface area contributed by atoms with Crippen molar-refractivity contribution >= 4 is 5.96 Å². The second-order valence-electron chi connectivity index (χ2n) is 4.59. The van der Waals surface area contributed by atoms with E-state index in [1.54, 1.807) is 0 Å². The molecular formula is C10H19N3O. The molecule has 0 aromatic rings. The number of ether oxygens (including phenoxy) is 1. The van der Waals surface area contributed by atoms with Crippen LogP contribution in [-0.4, -0.2) is 30.8 Å². The second-order valence-corrected chi connectivity index (χ2v) is 4.59. The van der Waals surface area contributed by atoms with Crippen LogP contribution < -0.4 is 11.1 Å². The maximum absolute atomic E-state index is 5.81. The molecule has 14 heavy (non-hydrogen) atoms. The van der Waals surface area contributed by atoms with Crippen LogP contribution in [0.4, 0.5) is 0 Å². The maximum Gasteiger partial charge on any atom is 0.189 e. The first kappa shape index (κ1) is 9.77. The van der Waals surface area contributed by atoms with E-state index in [-0.39, 0.29) is 5.54 Å². The Kier molecular flexibility index (Phi) is 2.63. The zero-order valence-electron chi connectivity index (χ0n) is 8.75. The van der Waals surface area contributed by atoms with Crippen molar-refractivity contribution in [3.63, 3.8) is 0 Å². The minimum atomic E-state index is -0.0132. The van der Waals surface area contributed by atoms with Crippen LogP contribution in [0.5, 0.6) is 0 Å². The van der Waals surface area contributed by atoms with E-state index >= 15 is 0 Å². The molecule has 1 heterocycles. The van der Waals surface area contributed by atoms with Crippen LogP contribution in [0.25, 0.3) is 0 Å². The Bertz CT molecular complexity index is 230. The lowest BCUT2D eigenvalue weighted by Crippen LogP contribution is -2.54. The van der Waals surface area contributed by atoms with Crippen LogP contribution in [0, 0.1) is 0 Å². The fraction of sp³-hybridized carbons (Fsp3) is 0.900. The molecule has 4 nitrogen and oxygen atoms in total. The van der Waals surface area contributed by atoms with Gasteiger partial charge in [0.05, 0.1) is 18.2 Å². The number of guanidine groups is 1. The fourth-order valence-electron chi connectivity index (χ4n) is 1.77. The Morgan fingerprint density at radius 1 is 1.57 bits per heavy atom. The fourth-order valence-corrected chi connectivity index (χ4v) is 1.77. The molecular weight excluding hydrogens is 178 g/mol. The third-order valence-electron chi connectivity index (χ3n) is 2.74. The summed E-state index contributed by atoms with van der Waals surface area (Å²) in [4.78, 5) is 4.36. The molecule has 2 aliphatic rings. The average molecular weight is 197 g/mol. The SMILES string of the molecule is CC1(NC(N)=NC2CC2)CCCOC1. The summed E-state index contributed by atoms with van der Waals surface area (Å²) in [5.41, 5.74) is 5.80. The van der Waals surface area contributed by atoms with Crippen molar-refractivity contribution in [3.05, 3.63) is 0 Å². The summed E-state index contributed by atoms with van der Waals surface area (Å²) >= 11 is 0. The first-order chi connectivity index (χ1) is 6.68. The summed E-state index contributed by atoms with van der Waals surface area (Å²) in [5.74, 6) is 0.584. The van der Waals surface area contributed by atoms with Gasteiger partial charge in [-0.05, 0) is 32.6 Å². The third kappa shape index (κ3) is 2.61. The molecule has 1 unspecified atom stereocenters. The van der Waals surface area contributed by atoms with E-state index in [4.69, 9.17) is 10.5 Å². The van der Waals surface area contributed by atoms with Gasteiger partial charge in [0, 0.05) is 6.61 Å². The van der Waals surface area contributed by atoms with Crippen molar-refractivity contribution in [2.45, 2.75) is 44.2 Å². The van der Waals surface area contributed by atoms with E-state index in [2.05, 4.69) is 17.2 Å². The smallest absolute Gasteiger partial charge is 0.189 e. The van der Waals surface area contributed by atoms with Crippen molar-refractivity contribution in [3.8, 4) is 0 Å². The molecule has 4 heteroatoms. The summed E-state index contributed by atoms with van der Waals surface area (Å²) in [7, 11) is 0. The summed E-state index contributed by atoms with van der Waals surface area (Å²) in [6, 6.07) is 0.482. The van der Waals surface area contributed by atoms with Crippen LogP contribution in [0.15, 0.2) is 4.99 Å². The lowest BCUT2D eigenvalue weighted by Gasteiger charge is -2.34. The van der Waals surface area contributed by atoms with E-state index in [0.29, 0.717) is 12.0 Å². The average Bonchev–Trinajstić information content (AvgIpc) is 2.88. The molecule has 80 valence electrons. The molecule has 0 amide bonds. The third-order valence-corrected chi connectivity index (χ3v) is 2.74. The molecule has 0 aromatic carbocycles. The predicted octanol–water partition coefficient (Wildman–Crippen LogP) is 0.622. The van der Waals surface area contributed by atoms with E-state index in [1.165, 1.54) is 12.8 Å².